The number of hydrogen-bond acceptors (Lipinski definition) is 3. The van der Waals surface area contributed by atoms with Crippen LogP contribution in [0.4, 0.5) is 13.2 Å². The number of halogens is 3. The van der Waals surface area contributed by atoms with Crippen LogP contribution in [-0.2, 0) is 9.59 Å². The van der Waals surface area contributed by atoms with Gasteiger partial charge < -0.3 is 10.4 Å². The highest BCUT2D eigenvalue weighted by Crippen LogP contribution is 2.24. The van der Waals surface area contributed by atoms with Gasteiger partial charge in [-0.05, 0) is 12.5 Å². The van der Waals surface area contributed by atoms with Crippen molar-refractivity contribution in [1.82, 2.24) is 5.32 Å². The van der Waals surface area contributed by atoms with Gasteiger partial charge in [0.25, 0.3) is 0 Å². The number of aliphatic carboxylic acids is 1. The number of hydrogen-bond donors (Lipinski definition) is 2. The summed E-state index contributed by atoms with van der Waals surface area (Å²) in [7, 11) is 0. The van der Waals surface area contributed by atoms with Gasteiger partial charge in [0.05, 0.1) is 23.5 Å². The van der Waals surface area contributed by atoms with Crippen LogP contribution in [0.1, 0.15) is 18.5 Å². The van der Waals surface area contributed by atoms with Gasteiger partial charge in [-0.3, -0.25) is 9.59 Å². The molecule has 0 aliphatic carbocycles. The molecule has 0 bridgehead atoms. The second-order valence-electron chi connectivity index (χ2n) is 4.69. The molecule has 1 aromatic rings. The molecule has 0 radical (unpaired) electrons. The maximum absolute atomic E-state index is 12.0. The Morgan fingerprint density at radius 3 is 2.36 bits per heavy atom. The molecule has 8 heteroatoms. The number of thioether (sulfide) groups is 1. The minimum absolute atomic E-state index is 0.380. The van der Waals surface area contributed by atoms with Crippen molar-refractivity contribution in [2.24, 2.45) is 5.92 Å². The van der Waals surface area contributed by atoms with Crippen LogP contribution in [0.3, 0.4) is 0 Å². The van der Waals surface area contributed by atoms with Gasteiger partial charge in [-0.1, -0.05) is 30.3 Å². The molecule has 2 atom stereocenters. The summed E-state index contributed by atoms with van der Waals surface area (Å²) in [5.41, 5.74) is 0.589. The van der Waals surface area contributed by atoms with Gasteiger partial charge in [0.15, 0.2) is 0 Å². The zero-order chi connectivity index (χ0) is 16.8. The van der Waals surface area contributed by atoms with E-state index in [1.165, 1.54) is 6.92 Å². The Hall–Kier alpha value is -1.70. The lowest BCUT2D eigenvalue weighted by Crippen LogP contribution is -2.36. The Labute approximate surface area is 130 Å². The average molecular weight is 335 g/mol. The fraction of sp³-hybridized carbons (Fsp3) is 0.429. The minimum atomic E-state index is -4.34. The maximum Gasteiger partial charge on any atom is 0.397 e. The lowest BCUT2D eigenvalue weighted by atomic mass is 9.94. The largest absolute Gasteiger partial charge is 0.481 e. The summed E-state index contributed by atoms with van der Waals surface area (Å²) >= 11 is 0.441. The van der Waals surface area contributed by atoms with Gasteiger partial charge >= 0.3 is 12.1 Å². The van der Waals surface area contributed by atoms with Gasteiger partial charge in [0.2, 0.25) is 5.91 Å². The number of carboxylic acids is 1. The van der Waals surface area contributed by atoms with E-state index in [4.69, 9.17) is 5.11 Å². The highest BCUT2D eigenvalue weighted by molar-refractivity contribution is 8.00. The second-order valence-corrected chi connectivity index (χ2v) is 5.68. The van der Waals surface area contributed by atoms with Crippen LogP contribution in [0.25, 0.3) is 0 Å². The molecule has 0 saturated heterocycles. The topological polar surface area (TPSA) is 66.4 Å². The predicted octanol–water partition coefficient (Wildman–Crippen LogP) is 2.86. The van der Waals surface area contributed by atoms with Crippen LogP contribution < -0.4 is 5.32 Å². The highest BCUT2D eigenvalue weighted by Gasteiger charge is 2.29. The third-order valence-corrected chi connectivity index (χ3v) is 3.86. The Kier molecular flexibility index (Phi) is 6.73. The van der Waals surface area contributed by atoms with E-state index in [2.05, 4.69) is 5.32 Å². The Balaban J connectivity index is 2.69. The zero-order valence-electron chi connectivity index (χ0n) is 11.8. The van der Waals surface area contributed by atoms with E-state index in [0.29, 0.717) is 17.3 Å². The van der Waals surface area contributed by atoms with E-state index < -0.39 is 35.8 Å². The molecule has 1 amide bonds. The first-order chi connectivity index (χ1) is 10.2. The zero-order valence-corrected chi connectivity index (χ0v) is 12.6. The van der Waals surface area contributed by atoms with Crippen molar-refractivity contribution in [1.29, 1.82) is 0 Å². The first kappa shape index (κ1) is 18.3. The molecular formula is C14H16F3NO3S. The SMILES string of the molecule is CC(C(=O)O)C(NC(=O)CSCC(F)(F)F)c1ccccc1. The molecule has 0 spiro atoms. The number of benzene rings is 1. The molecule has 2 unspecified atom stereocenters. The molecule has 22 heavy (non-hydrogen) atoms. The summed E-state index contributed by atoms with van der Waals surface area (Å²) in [5.74, 6) is -4.13. The molecule has 122 valence electrons. The quantitative estimate of drug-likeness (QED) is 0.804. The van der Waals surface area contributed by atoms with Crippen molar-refractivity contribution in [3.8, 4) is 0 Å². The summed E-state index contributed by atoms with van der Waals surface area (Å²) < 4.78 is 36.1. The number of carbonyl (C=O) groups excluding carboxylic acids is 1. The standard InChI is InChI=1S/C14H16F3NO3S/c1-9(13(20)21)12(10-5-3-2-4-6-10)18-11(19)7-22-8-14(15,16)17/h2-6,9,12H,7-8H2,1H3,(H,18,19)(H,20,21). The maximum atomic E-state index is 12.0. The van der Waals surface area contributed by atoms with Crippen molar-refractivity contribution >= 4 is 23.6 Å². The summed E-state index contributed by atoms with van der Waals surface area (Å²) in [6, 6.07) is 7.66. The van der Waals surface area contributed by atoms with E-state index in [1.54, 1.807) is 30.3 Å². The molecular weight excluding hydrogens is 319 g/mol. The van der Waals surface area contributed by atoms with Crippen LogP contribution in [0.15, 0.2) is 30.3 Å². The van der Waals surface area contributed by atoms with E-state index >= 15 is 0 Å². The molecule has 4 nitrogen and oxygen atoms in total. The van der Waals surface area contributed by atoms with Crippen molar-refractivity contribution in [3.05, 3.63) is 35.9 Å². The molecule has 0 fully saturated rings. The van der Waals surface area contributed by atoms with Crippen LogP contribution in [0.5, 0.6) is 0 Å². The third kappa shape index (κ3) is 6.38. The van der Waals surface area contributed by atoms with Gasteiger partial charge in [0.1, 0.15) is 0 Å². The lowest BCUT2D eigenvalue weighted by Gasteiger charge is -2.23. The average Bonchev–Trinajstić information content (AvgIpc) is 2.43. The smallest absolute Gasteiger partial charge is 0.397 e. The first-order valence-electron chi connectivity index (χ1n) is 6.42. The van der Waals surface area contributed by atoms with Crippen molar-refractivity contribution in [2.75, 3.05) is 11.5 Å². The van der Waals surface area contributed by atoms with E-state index in [1.807, 2.05) is 0 Å². The predicted molar refractivity (Wildman–Crippen MR) is 77.5 cm³/mol. The fourth-order valence-corrected chi connectivity index (χ4v) is 2.38. The van der Waals surface area contributed by atoms with Crippen LogP contribution in [0.2, 0.25) is 0 Å². The lowest BCUT2D eigenvalue weighted by molar-refractivity contribution is -0.142. The van der Waals surface area contributed by atoms with Gasteiger partial charge in [-0.15, -0.1) is 11.8 Å². The van der Waals surface area contributed by atoms with Crippen molar-refractivity contribution in [2.45, 2.75) is 19.1 Å². The molecule has 0 aromatic heterocycles. The Morgan fingerprint density at radius 1 is 1.27 bits per heavy atom. The summed E-state index contributed by atoms with van der Waals surface area (Å²) in [5, 5.41) is 11.6. The van der Waals surface area contributed by atoms with E-state index in [-0.39, 0.29) is 5.75 Å². The number of nitrogens with one attached hydrogen (secondary N) is 1. The van der Waals surface area contributed by atoms with Crippen LogP contribution in [-0.4, -0.2) is 34.7 Å². The monoisotopic (exact) mass is 335 g/mol. The number of carbonyl (C=O) groups is 2. The van der Waals surface area contributed by atoms with Crippen LogP contribution >= 0.6 is 11.8 Å². The summed E-state index contributed by atoms with van der Waals surface area (Å²) in [4.78, 5) is 22.9. The number of amides is 1. The van der Waals surface area contributed by atoms with Crippen molar-refractivity contribution < 1.29 is 27.9 Å². The molecule has 1 rings (SSSR count). The molecule has 1 aromatic carbocycles. The fourth-order valence-electron chi connectivity index (χ4n) is 1.77. The van der Waals surface area contributed by atoms with Gasteiger partial charge in [-0.25, -0.2) is 0 Å². The third-order valence-electron chi connectivity index (χ3n) is 2.86. The highest BCUT2D eigenvalue weighted by atomic mass is 32.2. The van der Waals surface area contributed by atoms with Crippen LogP contribution in [0, 0.1) is 5.92 Å². The molecule has 2 N–H and O–H groups in total. The number of rotatable bonds is 7. The first-order valence-corrected chi connectivity index (χ1v) is 7.58. The normalized spacial score (nSPS) is 14.2. The number of alkyl halides is 3. The number of carboxylic acid groups (broad SMARTS) is 1. The summed E-state index contributed by atoms with van der Waals surface area (Å²) in [6.07, 6.45) is -4.34. The van der Waals surface area contributed by atoms with E-state index in [0.717, 1.165) is 0 Å². The molecule has 0 heterocycles. The van der Waals surface area contributed by atoms with Gasteiger partial charge in [0, 0.05) is 0 Å². The molecule has 0 aliphatic heterocycles. The second kappa shape index (κ2) is 8.07. The molecule has 0 aliphatic rings. The van der Waals surface area contributed by atoms with Crippen molar-refractivity contribution in [3.63, 3.8) is 0 Å². The van der Waals surface area contributed by atoms with E-state index in [9.17, 15) is 22.8 Å². The molecule has 0 saturated carbocycles. The Morgan fingerprint density at radius 2 is 1.86 bits per heavy atom. The minimum Gasteiger partial charge on any atom is -0.481 e. The Bertz CT molecular complexity index is 508. The van der Waals surface area contributed by atoms with Gasteiger partial charge in [-0.2, -0.15) is 13.2 Å². The summed E-state index contributed by atoms with van der Waals surface area (Å²) in [6.45, 7) is 1.43.